The molecule has 1 aromatic carbocycles. The van der Waals surface area contributed by atoms with Gasteiger partial charge in [0.1, 0.15) is 0 Å². The number of nitrogens with two attached hydrogens (primary N) is 1. The Kier molecular flexibility index (Phi) is 6.37. The molecule has 0 bridgehead atoms. The molecule has 0 fully saturated rings. The summed E-state index contributed by atoms with van der Waals surface area (Å²) in [4.78, 5) is 2.05. The Bertz CT molecular complexity index is 420. The maximum Gasteiger partial charge on any atom is 0.0991 e. The number of nitriles is 1. The van der Waals surface area contributed by atoms with Crippen LogP contribution >= 0.6 is 0 Å². The molecular weight excluding hydrogens is 224 g/mol. The zero-order chi connectivity index (χ0) is 13.2. The van der Waals surface area contributed by atoms with Crippen LogP contribution in [0.4, 0.5) is 0 Å². The number of nitrogens with zero attached hydrogens (tertiary/aromatic N) is 2. The van der Waals surface area contributed by atoms with Crippen LogP contribution in [0.3, 0.4) is 0 Å². The minimum atomic E-state index is 0.710. The highest BCUT2D eigenvalue weighted by Crippen LogP contribution is 2.03. The van der Waals surface area contributed by atoms with Crippen molar-refractivity contribution in [1.29, 1.82) is 5.26 Å². The molecule has 0 aromatic heterocycles. The van der Waals surface area contributed by atoms with Gasteiger partial charge >= 0.3 is 0 Å². The summed E-state index contributed by atoms with van der Waals surface area (Å²) in [5, 5.41) is 12.1. The molecule has 18 heavy (non-hydrogen) atoms. The van der Waals surface area contributed by atoms with E-state index in [1.165, 1.54) is 0 Å². The molecular formula is C14H20N4. The lowest BCUT2D eigenvalue weighted by atomic mass is 10.1. The van der Waals surface area contributed by atoms with Crippen LogP contribution in [0, 0.1) is 11.3 Å². The summed E-state index contributed by atoms with van der Waals surface area (Å²) in [7, 11) is 2.00. The van der Waals surface area contributed by atoms with Crippen LogP contribution in [0.2, 0.25) is 0 Å². The quantitative estimate of drug-likeness (QED) is 0.712. The maximum atomic E-state index is 8.79. The first-order valence-corrected chi connectivity index (χ1v) is 6.04. The predicted octanol–water partition coefficient (Wildman–Crippen LogP) is 1.40. The number of hydrogen-bond acceptors (Lipinski definition) is 4. The fourth-order valence-electron chi connectivity index (χ4n) is 1.66. The molecule has 96 valence electrons. The van der Waals surface area contributed by atoms with E-state index in [1.54, 1.807) is 6.20 Å². The molecule has 0 aliphatic carbocycles. The Morgan fingerprint density at radius 1 is 1.50 bits per heavy atom. The van der Waals surface area contributed by atoms with E-state index in [2.05, 4.69) is 16.3 Å². The molecule has 0 radical (unpaired) electrons. The van der Waals surface area contributed by atoms with Gasteiger partial charge in [0.2, 0.25) is 0 Å². The molecule has 0 heterocycles. The van der Waals surface area contributed by atoms with Gasteiger partial charge in [-0.1, -0.05) is 12.1 Å². The van der Waals surface area contributed by atoms with Gasteiger partial charge in [0, 0.05) is 32.5 Å². The van der Waals surface area contributed by atoms with Crippen molar-refractivity contribution in [1.82, 2.24) is 10.2 Å². The Morgan fingerprint density at radius 3 is 3.06 bits per heavy atom. The monoisotopic (exact) mass is 244 g/mol. The highest BCUT2D eigenvalue weighted by Gasteiger charge is 1.95. The van der Waals surface area contributed by atoms with Gasteiger partial charge < -0.3 is 16.0 Å². The summed E-state index contributed by atoms with van der Waals surface area (Å²) in [5.41, 5.74) is 7.15. The summed E-state index contributed by atoms with van der Waals surface area (Å²) in [6.45, 7) is 2.71. The molecule has 0 aliphatic heterocycles. The highest BCUT2D eigenvalue weighted by atomic mass is 15.1. The van der Waals surface area contributed by atoms with Crippen molar-refractivity contribution in [3.8, 4) is 6.07 Å². The SMILES string of the molecule is CN(/C=C\N)CCCNCc1cccc(C#N)c1. The van der Waals surface area contributed by atoms with Gasteiger partial charge in [-0.05, 0) is 30.7 Å². The van der Waals surface area contributed by atoms with Crippen molar-refractivity contribution in [2.45, 2.75) is 13.0 Å². The van der Waals surface area contributed by atoms with Crippen molar-refractivity contribution < 1.29 is 0 Å². The van der Waals surface area contributed by atoms with Crippen LogP contribution in [0.1, 0.15) is 17.5 Å². The van der Waals surface area contributed by atoms with E-state index in [4.69, 9.17) is 11.0 Å². The van der Waals surface area contributed by atoms with E-state index in [0.29, 0.717) is 5.56 Å². The van der Waals surface area contributed by atoms with E-state index < -0.39 is 0 Å². The summed E-state index contributed by atoms with van der Waals surface area (Å²) in [5.74, 6) is 0. The molecule has 4 heteroatoms. The third-order valence-electron chi connectivity index (χ3n) is 2.59. The normalized spacial score (nSPS) is 10.4. The zero-order valence-corrected chi connectivity index (χ0v) is 10.8. The minimum absolute atomic E-state index is 0.710. The van der Waals surface area contributed by atoms with Gasteiger partial charge in [-0.15, -0.1) is 0 Å². The molecule has 4 nitrogen and oxygen atoms in total. The Labute approximate surface area is 109 Å². The van der Waals surface area contributed by atoms with E-state index in [1.807, 2.05) is 37.5 Å². The van der Waals surface area contributed by atoms with Gasteiger partial charge in [0.15, 0.2) is 0 Å². The highest BCUT2D eigenvalue weighted by molar-refractivity contribution is 5.32. The van der Waals surface area contributed by atoms with Crippen LogP contribution in [-0.2, 0) is 6.54 Å². The van der Waals surface area contributed by atoms with Crippen LogP contribution in [-0.4, -0.2) is 25.0 Å². The predicted molar refractivity (Wildman–Crippen MR) is 73.4 cm³/mol. The zero-order valence-electron chi connectivity index (χ0n) is 10.8. The van der Waals surface area contributed by atoms with E-state index >= 15 is 0 Å². The first-order chi connectivity index (χ1) is 8.76. The van der Waals surface area contributed by atoms with Gasteiger partial charge in [-0.3, -0.25) is 0 Å². The summed E-state index contributed by atoms with van der Waals surface area (Å²) in [6, 6.07) is 9.81. The van der Waals surface area contributed by atoms with Crippen LogP contribution in [0.5, 0.6) is 0 Å². The second-order valence-electron chi connectivity index (χ2n) is 4.16. The summed E-state index contributed by atoms with van der Waals surface area (Å²) in [6.07, 6.45) is 4.45. The molecule has 0 aliphatic rings. The number of rotatable bonds is 7. The molecule has 0 saturated carbocycles. The topological polar surface area (TPSA) is 65.1 Å². The smallest absolute Gasteiger partial charge is 0.0991 e. The first kappa shape index (κ1) is 14.1. The minimum Gasteiger partial charge on any atom is -0.403 e. The van der Waals surface area contributed by atoms with Gasteiger partial charge in [0.05, 0.1) is 11.6 Å². The fraction of sp³-hybridized carbons (Fsp3) is 0.357. The van der Waals surface area contributed by atoms with Crippen LogP contribution in [0.25, 0.3) is 0 Å². The fourth-order valence-corrected chi connectivity index (χ4v) is 1.66. The van der Waals surface area contributed by atoms with E-state index in [0.717, 1.165) is 31.6 Å². The average Bonchev–Trinajstić information content (AvgIpc) is 2.39. The Balaban J connectivity index is 2.20. The maximum absolute atomic E-state index is 8.79. The lowest BCUT2D eigenvalue weighted by molar-refractivity contribution is 0.434. The third-order valence-corrected chi connectivity index (χ3v) is 2.59. The number of hydrogen-bond donors (Lipinski definition) is 2. The Hall–Kier alpha value is -1.99. The van der Waals surface area contributed by atoms with Crippen LogP contribution < -0.4 is 11.1 Å². The standard InChI is InChI=1S/C14H20N4/c1-18(9-6-15)8-3-7-17-12-14-5-2-4-13(10-14)11-16/h2,4-6,9-10,17H,3,7-8,12,15H2,1H3/b9-6-. The van der Waals surface area contributed by atoms with Gasteiger partial charge in [-0.2, -0.15) is 5.26 Å². The van der Waals surface area contributed by atoms with Crippen molar-refractivity contribution >= 4 is 0 Å². The second kappa shape index (κ2) is 8.15. The first-order valence-electron chi connectivity index (χ1n) is 6.04. The third kappa shape index (κ3) is 5.37. The van der Waals surface area contributed by atoms with Crippen molar-refractivity contribution in [3.05, 3.63) is 47.8 Å². The number of nitrogens with one attached hydrogen (secondary N) is 1. The number of benzene rings is 1. The van der Waals surface area contributed by atoms with Crippen molar-refractivity contribution in [3.63, 3.8) is 0 Å². The van der Waals surface area contributed by atoms with Crippen molar-refractivity contribution in [2.75, 3.05) is 20.1 Å². The van der Waals surface area contributed by atoms with E-state index in [9.17, 15) is 0 Å². The largest absolute Gasteiger partial charge is 0.403 e. The molecule has 1 aromatic rings. The van der Waals surface area contributed by atoms with Gasteiger partial charge in [0.25, 0.3) is 0 Å². The molecule has 0 atom stereocenters. The molecule has 1 rings (SSSR count). The summed E-state index contributed by atoms with van der Waals surface area (Å²) >= 11 is 0. The second-order valence-corrected chi connectivity index (χ2v) is 4.16. The van der Waals surface area contributed by atoms with E-state index in [-0.39, 0.29) is 0 Å². The molecule has 3 N–H and O–H groups in total. The van der Waals surface area contributed by atoms with Gasteiger partial charge in [-0.25, -0.2) is 0 Å². The molecule has 0 unspecified atom stereocenters. The molecule has 0 saturated heterocycles. The Morgan fingerprint density at radius 2 is 2.33 bits per heavy atom. The molecule has 0 spiro atoms. The van der Waals surface area contributed by atoms with Crippen LogP contribution in [0.15, 0.2) is 36.7 Å². The molecule has 0 amide bonds. The lowest BCUT2D eigenvalue weighted by Gasteiger charge is -2.13. The lowest BCUT2D eigenvalue weighted by Crippen LogP contribution is -2.20. The average molecular weight is 244 g/mol. The van der Waals surface area contributed by atoms with Crippen molar-refractivity contribution in [2.24, 2.45) is 5.73 Å². The summed E-state index contributed by atoms with van der Waals surface area (Å²) < 4.78 is 0.